The van der Waals surface area contributed by atoms with Gasteiger partial charge in [-0.15, -0.1) is 0 Å². The molecule has 0 N–H and O–H groups in total. The van der Waals surface area contributed by atoms with E-state index in [1.54, 1.807) is 0 Å². The second kappa shape index (κ2) is 9.79. The predicted octanol–water partition coefficient (Wildman–Crippen LogP) is 3.88. The van der Waals surface area contributed by atoms with Gasteiger partial charge in [-0.1, -0.05) is 55.5 Å². The van der Waals surface area contributed by atoms with Crippen LogP contribution in [-0.4, -0.2) is 6.54 Å². The molecule has 3 aromatic rings. The van der Waals surface area contributed by atoms with Crippen molar-refractivity contribution in [3.8, 4) is 5.75 Å². The van der Waals surface area contributed by atoms with Crippen LogP contribution in [0.25, 0.3) is 10.2 Å². The number of thiazole rings is 1. The Labute approximate surface area is 218 Å². The highest BCUT2D eigenvalue weighted by atomic mass is 127. The van der Waals surface area contributed by atoms with Crippen LogP contribution in [0, 0.1) is 11.3 Å². The first-order chi connectivity index (χ1) is 15.5. The van der Waals surface area contributed by atoms with Gasteiger partial charge in [0.05, 0.1) is 5.69 Å². The Morgan fingerprint density at radius 3 is 2.67 bits per heavy atom. The molecule has 5 heteroatoms. The quantitative estimate of drug-likeness (QED) is 0.341. The van der Waals surface area contributed by atoms with Gasteiger partial charge in [0.15, 0.2) is 5.75 Å². The summed E-state index contributed by atoms with van der Waals surface area (Å²) in [5, 5.41) is 1.49. The highest BCUT2D eigenvalue weighted by Crippen LogP contribution is 2.43. The number of aryl methyl sites for hydroxylation is 1. The number of aromatic nitrogens is 1. The standard InChI is InChI=1S/C28H33N2OS.HI/c1-5-29-22-11-7-9-13-24(22)31-26(29)16-20-15-21(19-28(3,4)18-20)17-27-30(6-2)23-12-8-10-14-25(23)32-27;/h7-16,21H,5-6,17-19H2,1-4H3;1H/q+1;/p-1. The van der Waals surface area contributed by atoms with Crippen molar-refractivity contribution >= 4 is 27.2 Å². The summed E-state index contributed by atoms with van der Waals surface area (Å²) in [7, 11) is 0. The normalized spacial score (nSPS) is 20.4. The molecule has 1 aliphatic heterocycles. The van der Waals surface area contributed by atoms with E-state index in [0.29, 0.717) is 5.92 Å². The number of fused-ring (bicyclic) bond motifs is 2. The molecule has 0 saturated heterocycles. The van der Waals surface area contributed by atoms with Gasteiger partial charge in [-0.2, -0.15) is 4.57 Å². The van der Waals surface area contributed by atoms with Crippen LogP contribution >= 0.6 is 11.3 Å². The number of rotatable bonds is 5. The van der Waals surface area contributed by atoms with E-state index in [2.05, 4.69) is 91.8 Å². The first-order valence-electron chi connectivity index (χ1n) is 11.8. The average Bonchev–Trinajstić information content (AvgIpc) is 3.28. The molecule has 0 radical (unpaired) electrons. The summed E-state index contributed by atoms with van der Waals surface area (Å²) in [6, 6.07) is 17.1. The molecule has 1 aliphatic carbocycles. The van der Waals surface area contributed by atoms with Gasteiger partial charge < -0.3 is 33.6 Å². The van der Waals surface area contributed by atoms with Crippen LogP contribution in [-0.2, 0) is 13.0 Å². The number of nitrogens with zero attached hydrogens (tertiary/aromatic N) is 2. The lowest BCUT2D eigenvalue weighted by Crippen LogP contribution is -3.00. The van der Waals surface area contributed by atoms with Gasteiger partial charge in [0, 0.05) is 25.1 Å². The summed E-state index contributed by atoms with van der Waals surface area (Å²) >= 11 is 1.96. The summed E-state index contributed by atoms with van der Waals surface area (Å²) in [6.07, 6.45) is 8.21. The molecule has 33 heavy (non-hydrogen) atoms. The summed E-state index contributed by atoms with van der Waals surface area (Å²) < 4.78 is 10.1. The lowest BCUT2D eigenvalue weighted by atomic mass is 9.72. The molecule has 2 heterocycles. The van der Waals surface area contributed by atoms with Crippen molar-refractivity contribution in [2.24, 2.45) is 11.3 Å². The van der Waals surface area contributed by atoms with Crippen molar-refractivity contribution in [3.63, 3.8) is 0 Å². The second-order valence-corrected chi connectivity index (χ2v) is 10.9. The Balaban J connectivity index is 0.00000259. The number of anilines is 1. The Morgan fingerprint density at radius 2 is 1.88 bits per heavy atom. The van der Waals surface area contributed by atoms with E-state index < -0.39 is 0 Å². The number of benzene rings is 2. The smallest absolute Gasteiger partial charge is 0.238 e. The molecular weight excluding hydrogens is 539 g/mol. The van der Waals surface area contributed by atoms with E-state index in [1.807, 2.05) is 17.4 Å². The third-order valence-electron chi connectivity index (χ3n) is 6.65. The van der Waals surface area contributed by atoms with E-state index in [4.69, 9.17) is 4.74 Å². The SMILES string of the molecule is CCN1C(=CC2=CC(Cc3sc4ccccc4[n+]3CC)CC(C)(C)C2)Oc2ccccc21.[I-]. The van der Waals surface area contributed by atoms with E-state index in [-0.39, 0.29) is 29.4 Å². The summed E-state index contributed by atoms with van der Waals surface area (Å²) in [4.78, 5) is 2.28. The third-order valence-corrected chi connectivity index (χ3v) is 7.83. The van der Waals surface area contributed by atoms with E-state index in [1.165, 1.54) is 32.9 Å². The van der Waals surface area contributed by atoms with Gasteiger partial charge in [-0.3, -0.25) is 0 Å². The molecule has 1 aromatic heterocycles. The average molecular weight is 573 g/mol. The first kappa shape index (κ1) is 24.3. The van der Waals surface area contributed by atoms with Crippen LogP contribution < -0.4 is 38.2 Å². The van der Waals surface area contributed by atoms with Crippen LogP contribution in [0.1, 0.15) is 45.5 Å². The minimum absolute atomic E-state index is 0. The van der Waals surface area contributed by atoms with Crippen molar-refractivity contribution in [2.75, 3.05) is 11.4 Å². The zero-order chi connectivity index (χ0) is 22.3. The Morgan fingerprint density at radius 1 is 1.12 bits per heavy atom. The number of halogens is 1. The minimum atomic E-state index is 0. The van der Waals surface area contributed by atoms with Gasteiger partial charge >= 0.3 is 0 Å². The lowest BCUT2D eigenvalue weighted by Gasteiger charge is -2.33. The topological polar surface area (TPSA) is 16.4 Å². The zero-order valence-corrected chi connectivity index (χ0v) is 22.9. The van der Waals surface area contributed by atoms with E-state index in [9.17, 15) is 0 Å². The van der Waals surface area contributed by atoms with Gasteiger partial charge in [0.2, 0.25) is 16.4 Å². The molecule has 1 atom stereocenters. The van der Waals surface area contributed by atoms with Gasteiger partial charge in [-0.05, 0) is 61.8 Å². The third kappa shape index (κ3) is 4.85. The number of allylic oxidation sites excluding steroid dienone is 3. The highest BCUT2D eigenvalue weighted by Gasteiger charge is 2.32. The minimum Gasteiger partial charge on any atom is -1.00 e. The van der Waals surface area contributed by atoms with Crippen LogP contribution in [0.2, 0.25) is 0 Å². The lowest BCUT2D eigenvalue weighted by molar-refractivity contribution is -0.671. The van der Waals surface area contributed by atoms with Crippen LogP contribution in [0.15, 0.2) is 72.1 Å². The van der Waals surface area contributed by atoms with E-state index >= 15 is 0 Å². The van der Waals surface area contributed by atoms with Crippen LogP contribution in [0.3, 0.4) is 0 Å². The molecule has 0 fully saturated rings. The number of para-hydroxylation sites is 3. The van der Waals surface area contributed by atoms with Crippen molar-refractivity contribution in [2.45, 2.75) is 53.5 Å². The maximum absolute atomic E-state index is 6.26. The van der Waals surface area contributed by atoms with Crippen LogP contribution in [0.5, 0.6) is 5.75 Å². The number of ether oxygens (including phenoxy) is 1. The molecule has 0 spiro atoms. The zero-order valence-electron chi connectivity index (χ0n) is 20.0. The van der Waals surface area contributed by atoms with Crippen LogP contribution in [0.4, 0.5) is 5.69 Å². The fourth-order valence-corrected chi connectivity index (χ4v) is 6.75. The van der Waals surface area contributed by atoms with Crippen molar-refractivity contribution < 1.29 is 33.3 Å². The second-order valence-electron chi connectivity index (χ2n) is 9.76. The Kier molecular flexibility index (Phi) is 7.20. The molecule has 2 aromatic carbocycles. The molecule has 2 aliphatic rings. The van der Waals surface area contributed by atoms with Gasteiger partial charge in [0.25, 0.3) is 0 Å². The fraction of sp³-hybridized carbons (Fsp3) is 0.393. The molecule has 0 bridgehead atoms. The Hall–Kier alpha value is -1.86. The summed E-state index contributed by atoms with van der Waals surface area (Å²) in [6.45, 7) is 11.2. The van der Waals surface area contributed by atoms with Crippen molar-refractivity contribution in [1.82, 2.24) is 0 Å². The number of hydrogen-bond donors (Lipinski definition) is 0. The molecular formula is C28H33IN2OS. The first-order valence-corrected chi connectivity index (χ1v) is 12.7. The maximum Gasteiger partial charge on any atom is 0.238 e. The Bertz CT molecular complexity index is 1210. The fourth-order valence-electron chi connectivity index (χ4n) is 5.44. The van der Waals surface area contributed by atoms with Gasteiger partial charge in [-0.25, -0.2) is 0 Å². The molecule has 3 nitrogen and oxygen atoms in total. The van der Waals surface area contributed by atoms with Crippen molar-refractivity contribution in [3.05, 3.63) is 77.1 Å². The molecule has 174 valence electrons. The maximum atomic E-state index is 6.26. The molecule has 1 unspecified atom stereocenters. The molecule has 0 amide bonds. The summed E-state index contributed by atoms with van der Waals surface area (Å²) in [5.41, 5.74) is 4.22. The van der Waals surface area contributed by atoms with E-state index in [0.717, 1.165) is 37.6 Å². The molecule has 0 saturated carbocycles. The van der Waals surface area contributed by atoms with Crippen molar-refractivity contribution in [1.29, 1.82) is 0 Å². The molecule has 5 rings (SSSR count). The largest absolute Gasteiger partial charge is 1.00 e. The highest BCUT2D eigenvalue weighted by molar-refractivity contribution is 7.18. The number of hydrogen-bond acceptors (Lipinski definition) is 3. The summed E-state index contributed by atoms with van der Waals surface area (Å²) in [5.74, 6) is 2.46. The predicted molar refractivity (Wildman–Crippen MR) is 134 cm³/mol. The van der Waals surface area contributed by atoms with Gasteiger partial charge in [0.1, 0.15) is 11.2 Å². The monoisotopic (exact) mass is 572 g/mol.